The second-order valence-corrected chi connectivity index (χ2v) is 7.39. The zero-order chi connectivity index (χ0) is 19.8. The molecule has 5 rings (SSSR count). The first-order chi connectivity index (χ1) is 14.2. The Morgan fingerprint density at radius 2 is 1.69 bits per heavy atom. The van der Waals surface area contributed by atoms with Crippen LogP contribution in [0.15, 0.2) is 72.9 Å². The van der Waals surface area contributed by atoms with Gasteiger partial charge in [-0.2, -0.15) is 0 Å². The molecule has 2 amide bonds. The van der Waals surface area contributed by atoms with Crippen molar-refractivity contribution in [3.05, 3.63) is 78.5 Å². The molecule has 5 heteroatoms. The normalized spacial score (nSPS) is 17.0. The number of para-hydroxylation sites is 1. The predicted octanol–water partition coefficient (Wildman–Crippen LogP) is 3.79. The van der Waals surface area contributed by atoms with Crippen LogP contribution in [-0.2, 0) is 16.0 Å². The summed E-state index contributed by atoms with van der Waals surface area (Å²) in [6, 6.07) is 21.2. The van der Waals surface area contributed by atoms with E-state index in [0.29, 0.717) is 12.2 Å². The fourth-order valence-electron chi connectivity index (χ4n) is 4.17. The lowest BCUT2D eigenvalue weighted by Crippen LogP contribution is -2.39. The van der Waals surface area contributed by atoms with Crippen LogP contribution in [0.1, 0.15) is 12.0 Å². The van der Waals surface area contributed by atoms with E-state index in [2.05, 4.69) is 16.4 Å². The standard InChI is InChI=1S/C24H21N3O2/c28-23-14-21(25-13-12-17-15-26-20-10-4-3-8-18(17)20)24(29)27(23)22-11-5-7-16-6-1-2-9-19(16)22/h1-11,15,21,25-26H,12-14H2/t21-/m1/s1. The number of amides is 2. The molecule has 0 radical (unpaired) electrons. The number of benzene rings is 3. The molecule has 0 unspecified atom stereocenters. The maximum Gasteiger partial charge on any atom is 0.251 e. The van der Waals surface area contributed by atoms with Crippen molar-refractivity contribution in [1.29, 1.82) is 0 Å². The number of imide groups is 1. The van der Waals surface area contributed by atoms with Crippen molar-refractivity contribution in [2.45, 2.75) is 18.9 Å². The Kier molecular flexibility index (Phi) is 4.37. The van der Waals surface area contributed by atoms with Gasteiger partial charge in [-0.1, -0.05) is 54.6 Å². The molecule has 144 valence electrons. The molecular weight excluding hydrogens is 362 g/mol. The van der Waals surface area contributed by atoms with Crippen LogP contribution in [0, 0.1) is 0 Å². The first kappa shape index (κ1) is 17.6. The van der Waals surface area contributed by atoms with Gasteiger partial charge in [0.2, 0.25) is 5.91 Å². The lowest BCUT2D eigenvalue weighted by Gasteiger charge is -2.17. The molecule has 4 aromatic rings. The molecule has 2 heterocycles. The highest BCUT2D eigenvalue weighted by Crippen LogP contribution is 2.30. The molecule has 1 aromatic heterocycles. The van der Waals surface area contributed by atoms with Gasteiger partial charge >= 0.3 is 0 Å². The average molecular weight is 383 g/mol. The van der Waals surface area contributed by atoms with E-state index >= 15 is 0 Å². The van der Waals surface area contributed by atoms with Gasteiger partial charge in [0, 0.05) is 29.0 Å². The SMILES string of the molecule is O=C1C[C@@H](NCCc2c[nH]c3ccccc23)C(=O)N1c1cccc2ccccc12. The van der Waals surface area contributed by atoms with Gasteiger partial charge in [-0.15, -0.1) is 0 Å². The van der Waals surface area contributed by atoms with Gasteiger partial charge in [0.05, 0.1) is 18.2 Å². The summed E-state index contributed by atoms with van der Waals surface area (Å²) in [7, 11) is 0. The minimum absolute atomic E-state index is 0.157. The lowest BCUT2D eigenvalue weighted by atomic mass is 10.1. The number of carbonyl (C=O) groups is 2. The molecule has 3 aromatic carbocycles. The number of hydrogen-bond acceptors (Lipinski definition) is 3. The number of fused-ring (bicyclic) bond motifs is 2. The van der Waals surface area contributed by atoms with Crippen molar-refractivity contribution in [1.82, 2.24) is 10.3 Å². The van der Waals surface area contributed by atoms with Gasteiger partial charge in [-0.25, -0.2) is 4.90 Å². The zero-order valence-electron chi connectivity index (χ0n) is 15.9. The van der Waals surface area contributed by atoms with Crippen LogP contribution in [0.3, 0.4) is 0 Å². The van der Waals surface area contributed by atoms with Crippen LogP contribution in [-0.4, -0.2) is 29.4 Å². The van der Waals surface area contributed by atoms with Gasteiger partial charge in [0.25, 0.3) is 5.91 Å². The number of nitrogens with zero attached hydrogens (tertiary/aromatic N) is 1. The third-order valence-corrected chi connectivity index (χ3v) is 5.61. The maximum atomic E-state index is 13.0. The summed E-state index contributed by atoms with van der Waals surface area (Å²) in [5, 5.41) is 6.41. The highest BCUT2D eigenvalue weighted by Gasteiger charge is 2.39. The largest absolute Gasteiger partial charge is 0.361 e. The van der Waals surface area contributed by atoms with Crippen molar-refractivity contribution >= 4 is 39.2 Å². The van der Waals surface area contributed by atoms with E-state index in [1.165, 1.54) is 15.8 Å². The highest BCUT2D eigenvalue weighted by molar-refractivity contribution is 6.25. The van der Waals surface area contributed by atoms with Gasteiger partial charge < -0.3 is 10.3 Å². The van der Waals surface area contributed by atoms with E-state index in [1.807, 2.05) is 66.9 Å². The monoisotopic (exact) mass is 383 g/mol. The van der Waals surface area contributed by atoms with Gasteiger partial charge in [0.1, 0.15) is 0 Å². The van der Waals surface area contributed by atoms with Gasteiger partial charge in [0.15, 0.2) is 0 Å². The zero-order valence-corrected chi connectivity index (χ0v) is 15.9. The molecular formula is C24H21N3O2. The molecule has 1 aliphatic rings. The number of aromatic amines is 1. The van der Waals surface area contributed by atoms with E-state index < -0.39 is 6.04 Å². The molecule has 1 saturated heterocycles. The average Bonchev–Trinajstić information content (AvgIpc) is 3.28. The van der Waals surface area contributed by atoms with E-state index in [0.717, 1.165) is 22.7 Å². The number of aromatic nitrogens is 1. The van der Waals surface area contributed by atoms with Crippen LogP contribution in [0.2, 0.25) is 0 Å². The van der Waals surface area contributed by atoms with E-state index in [-0.39, 0.29) is 18.2 Å². The summed E-state index contributed by atoms with van der Waals surface area (Å²) in [5.41, 5.74) is 2.98. The quantitative estimate of drug-likeness (QED) is 0.516. The molecule has 5 nitrogen and oxygen atoms in total. The molecule has 29 heavy (non-hydrogen) atoms. The van der Waals surface area contributed by atoms with Crippen molar-refractivity contribution in [2.24, 2.45) is 0 Å². The third kappa shape index (κ3) is 3.09. The molecule has 0 spiro atoms. The van der Waals surface area contributed by atoms with E-state index in [9.17, 15) is 9.59 Å². The smallest absolute Gasteiger partial charge is 0.251 e. The Labute approximate surface area is 168 Å². The fraction of sp³-hybridized carbons (Fsp3) is 0.167. The van der Waals surface area contributed by atoms with E-state index in [1.54, 1.807) is 0 Å². The Hall–Kier alpha value is -3.44. The summed E-state index contributed by atoms with van der Waals surface area (Å²) in [6.07, 6.45) is 2.99. The highest BCUT2D eigenvalue weighted by atomic mass is 16.2. The first-order valence-electron chi connectivity index (χ1n) is 9.85. The number of carbonyl (C=O) groups excluding carboxylic acids is 2. The fourth-order valence-corrected chi connectivity index (χ4v) is 4.17. The van der Waals surface area contributed by atoms with Gasteiger partial charge in [-0.3, -0.25) is 9.59 Å². The number of nitrogens with one attached hydrogen (secondary N) is 2. The molecule has 1 fully saturated rings. The molecule has 1 aliphatic heterocycles. The predicted molar refractivity (Wildman–Crippen MR) is 115 cm³/mol. The molecule has 0 aliphatic carbocycles. The van der Waals surface area contributed by atoms with Crippen molar-refractivity contribution < 1.29 is 9.59 Å². The molecule has 2 N–H and O–H groups in total. The van der Waals surface area contributed by atoms with Crippen molar-refractivity contribution in [3.8, 4) is 0 Å². The lowest BCUT2D eigenvalue weighted by molar-refractivity contribution is -0.121. The molecule has 1 atom stereocenters. The van der Waals surface area contributed by atoms with Crippen molar-refractivity contribution in [3.63, 3.8) is 0 Å². The molecule has 0 bridgehead atoms. The van der Waals surface area contributed by atoms with Crippen LogP contribution < -0.4 is 10.2 Å². The first-order valence-corrected chi connectivity index (χ1v) is 9.85. The number of rotatable bonds is 5. The summed E-state index contributed by atoms with van der Waals surface area (Å²) in [5.74, 6) is -0.332. The Morgan fingerprint density at radius 3 is 2.59 bits per heavy atom. The summed E-state index contributed by atoms with van der Waals surface area (Å²) >= 11 is 0. The van der Waals surface area contributed by atoms with E-state index in [4.69, 9.17) is 0 Å². The Morgan fingerprint density at radius 1 is 0.931 bits per heavy atom. The third-order valence-electron chi connectivity index (χ3n) is 5.61. The minimum Gasteiger partial charge on any atom is -0.361 e. The molecule has 0 saturated carbocycles. The number of hydrogen-bond donors (Lipinski definition) is 2. The number of H-pyrrole nitrogens is 1. The van der Waals surface area contributed by atoms with Crippen molar-refractivity contribution in [2.75, 3.05) is 11.4 Å². The maximum absolute atomic E-state index is 13.0. The van der Waals surface area contributed by atoms with Crippen LogP contribution in [0.5, 0.6) is 0 Å². The number of anilines is 1. The van der Waals surface area contributed by atoms with Crippen LogP contribution in [0.25, 0.3) is 21.7 Å². The van der Waals surface area contributed by atoms with Gasteiger partial charge in [-0.05, 0) is 29.5 Å². The summed E-state index contributed by atoms with van der Waals surface area (Å²) in [4.78, 5) is 30.3. The minimum atomic E-state index is -0.480. The summed E-state index contributed by atoms with van der Waals surface area (Å²) in [6.45, 7) is 0.634. The van der Waals surface area contributed by atoms with Crippen LogP contribution in [0.4, 0.5) is 5.69 Å². The Balaban J connectivity index is 1.32. The second-order valence-electron chi connectivity index (χ2n) is 7.39. The topological polar surface area (TPSA) is 65.2 Å². The Bertz CT molecular complexity index is 1220. The second kappa shape index (κ2) is 7.18. The van der Waals surface area contributed by atoms with Crippen LogP contribution >= 0.6 is 0 Å². The summed E-state index contributed by atoms with van der Waals surface area (Å²) < 4.78 is 0.